The van der Waals surface area contributed by atoms with Gasteiger partial charge in [0.1, 0.15) is 6.04 Å². The van der Waals surface area contributed by atoms with Crippen LogP contribution in [-0.2, 0) is 19.6 Å². The number of hydrogen-bond acceptors (Lipinski definition) is 5. The van der Waals surface area contributed by atoms with E-state index in [-0.39, 0.29) is 29.5 Å². The first kappa shape index (κ1) is 17.4. The number of nitrogens with zero attached hydrogens (tertiary/aromatic N) is 1. The van der Waals surface area contributed by atoms with Gasteiger partial charge in [-0.25, -0.2) is 17.9 Å². The molecule has 1 aromatic rings. The Bertz CT molecular complexity index is 700. The van der Waals surface area contributed by atoms with Gasteiger partial charge in [-0.15, -0.1) is 0 Å². The molecule has 0 aromatic heterocycles. The molecule has 23 heavy (non-hydrogen) atoms. The Labute approximate surface area is 134 Å². The number of likely N-dealkylation sites (tertiary alicyclic amines) is 1. The monoisotopic (exact) mass is 342 g/mol. The molecule has 126 valence electrons. The van der Waals surface area contributed by atoms with Gasteiger partial charge in [0, 0.05) is 25.6 Å². The van der Waals surface area contributed by atoms with E-state index in [0.717, 1.165) is 0 Å². The van der Waals surface area contributed by atoms with Crippen LogP contribution in [0.5, 0.6) is 0 Å². The van der Waals surface area contributed by atoms with Crippen LogP contribution in [0.1, 0.15) is 16.8 Å². The molecule has 2 atom stereocenters. The summed E-state index contributed by atoms with van der Waals surface area (Å²) < 4.78 is 30.6. The molecule has 0 bridgehead atoms. The van der Waals surface area contributed by atoms with Gasteiger partial charge in [0.25, 0.3) is 5.91 Å². The van der Waals surface area contributed by atoms with Crippen LogP contribution in [0.4, 0.5) is 0 Å². The lowest BCUT2D eigenvalue weighted by Crippen LogP contribution is -2.40. The largest absolute Gasteiger partial charge is 0.480 e. The smallest absolute Gasteiger partial charge is 0.326 e. The summed E-state index contributed by atoms with van der Waals surface area (Å²) in [5.41, 5.74) is 0.225. The van der Waals surface area contributed by atoms with E-state index in [9.17, 15) is 23.1 Å². The number of methoxy groups -OCH3 is 1. The van der Waals surface area contributed by atoms with Crippen LogP contribution in [0.2, 0.25) is 0 Å². The van der Waals surface area contributed by atoms with Crippen molar-refractivity contribution in [1.29, 1.82) is 0 Å². The van der Waals surface area contributed by atoms with Crippen LogP contribution in [0, 0.1) is 0 Å². The quantitative estimate of drug-likeness (QED) is 0.773. The van der Waals surface area contributed by atoms with Crippen molar-refractivity contribution in [2.75, 3.05) is 20.7 Å². The molecule has 2 N–H and O–H groups in total. The number of carboxylic acid groups (broad SMARTS) is 1. The maximum atomic E-state index is 12.5. The fourth-order valence-electron chi connectivity index (χ4n) is 2.49. The number of carbonyl (C=O) groups excluding carboxylic acids is 1. The summed E-state index contributed by atoms with van der Waals surface area (Å²) in [6.07, 6.45) is -0.104. The number of ether oxygens (including phenoxy) is 1. The lowest BCUT2D eigenvalue weighted by molar-refractivity contribution is -0.141. The van der Waals surface area contributed by atoms with Gasteiger partial charge >= 0.3 is 5.97 Å². The van der Waals surface area contributed by atoms with Gasteiger partial charge in [-0.1, -0.05) is 0 Å². The second-order valence-electron chi connectivity index (χ2n) is 5.14. The molecule has 8 nitrogen and oxygen atoms in total. The lowest BCUT2D eigenvalue weighted by Gasteiger charge is -2.21. The third kappa shape index (κ3) is 3.52. The van der Waals surface area contributed by atoms with Gasteiger partial charge in [0.05, 0.1) is 11.0 Å². The van der Waals surface area contributed by atoms with E-state index in [2.05, 4.69) is 4.72 Å². The number of benzene rings is 1. The van der Waals surface area contributed by atoms with Crippen LogP contribution in [-0.4, -0.2) is 63.1 Å². The molecule has 0 radical (unpaired) electrons. The Hall–Kier alpha value is -1.97. The average molecular weight is 342 g/mol. The van der Waals surface area contributed by atoms with E-state index >= 15 is 0 Å². The molecular weight excluding hydrogens is 324 g/mol. The second kappa shape index (κ2) is 6.65. The summed E-state index contributed by atoms with van der Waals surface area (Å²) in [5.74, 6) is -1.56. The molecule has 1 fully saturated rings. The van der Waals surface area contributed by atoms with Gasteiger partial charge < -0.3 is 14.7 Å². The fraction of sp³-hybridized carbons (Fsp3) is 0.429. The van der Waals surface area contributed by atoms with Crippen molar-refractivity contribution in [1.82, 2.24) is 9.62 Å². The summed E-state index contributed by atoms with van der Waals surface area (Å²) in [4.78, 5) is 25.1. The molecule has 0 aliphatic carbocycles. The maximum Gasteiger partial charge on any atom is 0.326 e. The molecule has 1 heterocycles. The Kier molecular flexibility index (Phi) is 5.03. The van der Waals surface area contributed by atoms with E-state index in [1.807, 2.05) is 0 Å². The number of nitrogens with one attached hydrogen (secondary N) is 1. The van der Waals surface area contributed by atoms with E-state index in [1.165, 1.54) is 43.3 Å². The van der Waals surface area contributed by atoms with E-state index in [4.69, 9.17) is 4.74 Å². The van der Waals surface area contributed by atoms with Crippen molar-refractivity contribution in [3.8, 4) is 0 Å². The average Bonchev–Trinajstić information content (AvgIpc) is 2.99. The summed E-state index contributed by atoms with van der Waals surface area (Å²) >= 11 is 0. The Morgan fingerprint density at radius 3 is 2.39 bits per heavy atom. The van der Waals surface area contributed by atoms with E-state index in [0.29, 0.717) is 0 Å². The normalized spacial score (nSPS) is 21.4. The third-order valence-corrected chi connectivity index (χ3v) is 5.25. The first-order valence-corrected chi connectivity index (χ1v) is 8.38. The van der Waals surface area contributed by atoms with Crippen molar-refractivity contribution < 1.29 is 27.9 Å². The number of hydrogen-bond donors (Lipinski definition) is 2. The van der Waals surface area contributed by atoms with Crippen molar-refractivity contribution in [3.05, 3.63) is 29.8 Å². The number of amides is 1. The van der Waals surface area contributed by atoms with Crippen molar-refractivity contribution in [2.45, 2.75) is 23.5 Å². The highest BCUT2D eigenvalue weighted by Crippen LogP contribution is 2.23. The highest BCUT2D eigenvalue weighted by atomic mass is 32.2. The number of aliphatic carboxylic acids is 1. The molecule has 2 rings (SSSR count). The molecule has 1 saturated heterocycles. The molecule has 1 aliphatic heterocycles. The lowest BCUT2D eigenvalue weighted by atomic mass is 10.1. The minimum atomic E-state index is -3.59. The predicted molar refractivity (Wildman–Crippen MR) is 80.6 cm³/mol. The second-order valence-corrected chi connectivity index (χ2v) is 7.02. The minimum absolute atomic E-state index is 0.0301. The zero-order chi connectivity index (χ0) is 17.2. The standard InChI is InChI=1S/C14H18N2O6S/c1-15-23(20,21)11-5-3-9(4-6-11)13(17)16-8-10(22-2)7-12(16)14(18)19/h3-6,10,12,15H,7-8H2,1-2H3,(H,18,19). The Balaban J connectivity index is 2.24. The zero-order valence-electron chi connectivity index (χ0n) is 12.7. The molecule has 2 unspecified atom stereocenters. The van der Waals surface area contributed by atoms with Crippen molar-refractivity contribution >= 4 is 21.9 Å². The predicted octanol–water partition coefficient (Wildman–Crippen LogP) is -0.0912. The summed E-state index contributed by atoms with van der Waals surface area (Å²) in [5, 5.41) is 9.24. The van der Waals surface area contributed by atoms with Crippen molar-refractivity contribution in [2.24, 2.45) is 0 Å². The molecule has 1 aromatic carbocycles. The van der Waals surface area contributed by atoms with E-state index in [1.54, 1.807) is 0 Å². The van der Waals surface area contributed by atoms with Gasteiger partial charge in [0.15, 0.2) is 0 Å². The molecule has 9 heteroatoms. The van der Waals surface area contributed by atoms with Crippen molar-refractivity contribution in [3.63, 3.8) is 0 Å². The van der Waals surface area contributed by atoms with E-state index < -0.39 is 27.9 Å². The van der Waals surface area contributed by atoms with Crippen LogP contribution >= 0.6 is 0 Å². The number of carbonyl (C=O) groups is 2. The van der Waals surface area contributed by atoms with Gasteiger partial charge in [-0.2, -0.15) is 0 Å². The molecule has 1 aliphatic rings. The fourth-order valence-corrected chi connectivity index (χ4v) is 3.22. The topological polar surface area (TPSA) is 113 Å². The Morgan fingerprint density at radius 1 is 1.30 bits per heavy atom. The molecule has 1 amide bonds. The van der Waals surface area contributed by atoms with Crippen LogP contribution < -0.4 is 4.72 Å². The van der Waals surface area contributed by atoms with Gasteiger partial charge in [-0.3, -0.25) is 4.79 Å². The third-order valence-electron chi connectivity index (χ3n) is 3.82. The van der Waals surface area contributed by atoms with Crippen LogP contribution in [0.3, 0.4) is 0 Å². The summed E-state index contributed by atoms with van der Waals surface area (Å²) in [6, 6.07) is 4.39. The van der Waals surface area contributed by atoms with Crippen LogP contribution in [0.15, 0.2) is 29.2 Å². The van der Waals surface area contributed by atoms with Gasteiger partial charge in [-0.05, 0) is 31.3 Å². The highest BCUT2D eigenvalue weighted by molar-refractivity contribution is 7.89. The number of carboxylic acids is 1. The SMILES string of the molecule is CNS(=O)(=O)c1ccc(C(=O)N2CC(OC)CC2C(=O)O)cc1. The maximum absolute atomic E-state index is 12.5. The number of rotatable bonds is 5. The molecule has 0 saturated carbocycles. The Morgan fingerprint density at radius 2 is 1.91 bits per heavy atom. The van der Waals surface area contributed by atoms with Gasteiger partial charge in [0.2, 0.25) is 10.0 Å². The summed E-state index contributed by atoms with van der Waals surface area (Å²) in [6.45, 7) is 0.183. The minimum Gasteiger partial charge on any atom is -0.480 e. The highest BCUT2D eigenvalue weighted by Gasteiger charge is 2.40. The zero-order valence-corrected chi connectivity index (χ0v) is 13.5. The van der Waals surface area contributed by atoms with Crippen LogP contribution in [0.25, 0.3) is 0 Å². The molecule has 0 spiro atoms. The first-order chi connectivity index (χ1) is 10.8. The summed E-state index contributed by atoms with van der Waals surface area (Å²) in [7, 11) is -0.826. The molecular formula is C14H18N2O6S. The number of sulfonamides is 1. The first-order valence-electron chi connectivity index (χ1n) is 6.90.